The molecule has 0 spiro atoms. The molecule has 1 fully saturated rings. The lowest BCUT2D eigenvalue weighted by molar-refractivity contribution is 0.0654. The highest BCUT2D eigenvalue weighted by Gasteiger charge is 2.24. The molecule has 6 heteroatoms. The minimum atomic E-state index is -0.726. The van der Waals surface area contributed by atoms with Crippen LogP contribution < -0.4 is 5.32 Å². The highest BCUT2D eigenvalue weighted by molar-refractivity contribution is 5.94. The van der Waals surface area contributed by atoms with Gasteiger partial charge in [0.05, 0.1) is 0 Å². The Balaban J connectivity index is 0.00000162. The molecule has 1 atom stereocenters. The van der Waals surface area contributed by atoms with Crippen LogP contribution in [0, 0.1) is 11.6 Å². The predicted octanol–water partition coefficient (Wildman–Crippen LogP) is 1.82. The molecule has 0 saturated carbocycles. The Hall–Kier alpha value is -1.20. The van der Waals surface area contributed by atoms with Crippen LogP contribution in [-0.2, 0) is 0 Å². The fourth-order valence-corrected chi connectivity index (χ4v) is 1.99. The Morgan fingerprint density at radius 2 is 1.94 bits per heavy atom. The van der Waals surface area contributed by atoms with Gasteiger partial charge in [0.2, 0.25) is 0 Å². The van der Waals surface area contributed by atoms with Crippen molar-refractivity contribution in [2.24, 2.45) is 0 Å². The lowest BCUT2D eigenvalue weighted by atomic mass is 10.1. The van der Waals surface area contributed by atoms with Gasteiger partial charge in [-0.3, -0.25) is 4.79 Å². The second-order valence-electron chi connectivity index (χ2n) is 4.21. The van der Waals surface area contributed by atoms with E-state index in [9.17, 15) is 13.6 Å². The van der Waals surface area contributed by atoms with E-state index in [1.165, 1.54) is 0 Å². The van der Waals surface area contributed by atoms with Crippen molar-refractivity contribution >= 4 is 18.3 Å². The predicted molar refractivity (Wildman–Crippen MR) is 67.0 cm³/mol. The Morgan fingerprint density at radius 3 is 2.50 bits per heavy atom. The van der Waals surface area contributed by atoms with Crippen molar-refractivity contribution in [2.75, 3.05) is 19.6 Å². The number of hydrogen-bond acceptors (Lipinski definition) is 2. The Labute approximate surface area is 111 Å². The first kappa shape index (κ1) is 14.9. The number of halogens is 3. The van der Waals surface area contributed by atoms with E-state index in [1.54, 1.807) is 4.90 Å². The second kappa shape index (κ2) is 6.11. The van der Waals surface area contributed by atoms with Crippen molar-refractivity contribution < 1.29 is 13.6 Å². The highest BCUT2D eigenvalue weighted by atomic mass is 35.5. The third kappa shape index (κ3) is 3.17. The summed E-state index contributed by atoms with van der Waals surface area (Å²) in [6, 6.07) is 2.93. The minimum Gasteiger partial charge on any atom is -0.333 e. The van der Waals surface area contributed by atoms with Gasteiger partial charge in [-0.15, -0.1) is 12.4 Å². The lowest BCUT2D eigenvalue weighted by Crippen LogP contribution is -2.52. The zero-order chi connectivity index (χ0) is 12.4. The standard InChI is InChI=1S/C12H14F2N2O.ClH/c1-8-7-15-2-3-16(8)12(17)9-4-10(13)6-11(14)5-9;/h4-6,8,15H,2-3,7H2,1H3;1H/t8-;/m0./s1. The molecule has 0 radical (unpaired) electrons. The van der Waals surface area contributed by atoms with Gasteiger partial charge in [-0.1, -0.05) is 0 Å². The number of carbonyl (C=O) groups is 1. The third-order valence-electron chi connectivity index (χ3n) is 2.87. The van der Waals surface area contributed by atoms with Gasteiger partial charge in [0.15, 0.2) is 0 Å². The maximum Gasteiger partial charge on any atom is 0.254 e. The van der Waals surface area contributed by atoms with E-state index in [1.807, 2.05) is 6.92 Å². The molecule has 1 aromatic carbocycles. The van der Waals surface area contributed by atoms with Gasteiger partial charge in [0.1, 0.15) is 11.6 Å². The summed E-state index contributed by atoms with van der Waals surface area (Å²) in [5.41, 5.74) is 0.0660. The monoisotopic (exact) mass is 276 g/mol. The number of carbonyl (C=O) groups excluding carboxylic acids is 1. The largest absolute Gasteiger partial charge is 0.333 e. The maximum absolute atomic E-state index is 13.0. The van der Waals surface area contributed by atoms with Crippen LogP contribution in [0.15, 0.2) is 18.2 Å². The van der Waals surface area contributed by atoms with Crippen molar-refractivity contribution in [1.82, 2.24) is 10.2 Å². The van der Waals surface area contributed by atoms with Gasteiger partial charge < -0.3 is 10.2 Å². The number of rotatable bonds is 1. The third-order valence-corrected chi connectivity index (χ3v) is 2.87. The fourth-order valence-electron chi connectivity index (χ4n) is 1.99. The van der Waals surface area contributed by atoms with Crippen molar-refractivity contribution in [2.45, 2.75) is 13.0 Å². The SMILES string of the molecule is C[C@H]1CNCCN1C(=O)c1cc(F)cc(F)c1.Cl. The molecular weight excluding hydrogens is 262 g/mol. The number of amides is 1. The van der Waals surface area contributed by atoms with Gasteiger partial charge in [-0.05, 0) is 19.1 Å². The van der Waals surface area contributed by atoms with Gasteiger partial charge in [0.25, 0.3) is 5.91 Å². The summed E-state index contributed by atoms with van der Waals surface area (Å²) >= 11 is 0. The average Bonchev–Trinajstić information content (AvgIpc) is 2.27. The van der Waals surface area contributed by atoms with E-state index in [-0.39, 0.29) is 29.9 Å². The molecule has 18 heavy (non-hydrogen) atoms. The Bertz CT molecular complexity index is 422. The molecule has 1 amide bonds. The first-order valence-corrected chi connectivity index (χ1v) is 5.55. The summed E-state index contributed by atoms with van der Waals surface area (Å²) < 4.78 is 26.1. The molecule has 2 rings (SSSR count). The Kier molecular flexibility index (Phi) is 5.04. The van der Waals surface area contributed by atoms with Crippen LogP contribution in [0.5, 0.6) is 0 Å². The molecule has 100 valence electrons. The molecule has 1 aromatic rings. The van der Waals surface area contributed by atoms with E-state index in [4.69, 9.17) is 0 Å². The zero-order valence-corrected chi connectivity index (χ0v) is 10.8. The van der Waals surface area contributed by atoms with Gasteiger partial charge >= 0.3 is 0 Å². The number of hydrogen-bond donors (Lipinski definition) is 1. The van der Waals surface area contributed by atoms with Gasteiger partial charge in [-0.25, -0.2) is 8.78 Å². The molecule has 0 aromatic heterocycles. The van der Waals surface area contributed by atoms with Crippen LogP contribution in [0.2, 0.25) is 0 Å². The van der Waals surface area contributed by atoms with Crippen molar-refractivity contribution in [3.63, 3.8) is 0 Å². The first-order valence-electron chi connectivity index (χ1n) is 5.55. The van der Waals surface area contributed by atoms with Crippen LogP contribution >= 0.6 is 12.4 Å². The van der Waals surface area contributed by atoms with Crippen molar-refractivity contribution in [1.29, 1.82) is 0 Å². The average molecular weight is 277 g/mol. The molecule has 1 N–H and O–H groups in total. The second-order valence-corrected chi connectivity index (χ2v) is 4.21. The molecular formula is C12H15ClF2N2O. The van der Waals surface area contributed by atoms with E-state index in [2.05, 4.69) is 5.32 Å². The summed E-state index contributed by atoms with van der Waals surface area (Å²) in [6.07, 6.45) is 0. The van der Waals surface area contributed by atoms with Gasteiger partial charge in [-0.2, -0.15) is 0 Å². The molecule has 1 heterocycles. The zero-order valence-electron chi connectivity index (χ0n) is 9.95. The van der Waals surface area contributed by atoms with Gasteiger partial charge in [0, 0.05) is 37.3 Å². The fraction of sp³-hybridized carbons (Fsp3) is 0.417. The van der Waals surface area contributed by atoms with Crippen molar-refractivity contribution in [3.8, 4) is 0 Å². The molecule has 1 saturated heterocycles. The summed E-state index contributed by atoms with van der Waals surface area (Å²) in [5, 5.41) is 3.15. The van der Waals surface area contributed by atoms with E-state index >= 15 is 0 Å². The Morgan fingerprint density at radius 1 is 1.33 bits per heavy atom. The molecule has 0 bridgehead atoms. The molecule has 0 unspecified atom stereocenters. The summed E-state index contributed by atoms with van der Waals surface area (Å²) in [6.45, 7) is 3.86. The van der Waals surface area contributed by atoms with Crippen LogP contribution in [0.25, 0.3) is 0 Å². The molecule has 3 nitrogen and oxygen atoms in total. The maximum atomic E-state index is 13.0. The molecule has 0 aliphatic carbocycles. The minimum absolute atomic E-state index is 0. The topological polar surface area (TPSA) is 32.3 Å². The lowest BCUT2D eigenvalue weighted by Gasteiger charge is -2.34. The summed E-state index contributed by atoms with van der Waals surface area (Å²) in [5.74, 6) is -1.77. The number of nitrogens with zero attached hydrogens (tertiary/aromatic N) is 1. The van der Waals surface area contributed by atoms with Crippen LogP contribution in [-0.4, -0.2) is 36.5 Å². The first-order chi connectivity index (χ1) is 8.08. The van der Waals surface area contributed by atoms with E-state index in [0.717, 1.165) is 18.2 Å². The van der Waals surface area contributed by atoms with E-state index in [0.29, 0.717) is 19.6 Å². The summed E-state index contributed by atoms with van der Waals surface area (Å²) in [7, 11) is 0. The van der Waals surface area contributed by atoms with Crippen LogP contribution in [0.1, 0.15) is 17.3 Å². The van der Waals surface area contributed by atoms with Crippen LogP contribution in [0.4, 0.5) is 8.78 Å². The smallest absolute Gasteiger partial charge is 0.254 e. The van der Waals surface area contributed by atoms with Crippen LogP contribution in [0.3, 0.4) is 0 Å². The number of benzene rings is 1. The van der Waals surface area contributed by atoms with Crippen molar-refractivity contribution in [3.05, 3.63) is 35.4 Å². The molecule has 1 aliphatic heterocycles. The molecule has 1 aliphatic rings. The number of piperazine rings is 1. The normalized spacial score (nSPS) is 19.3. The summed E-state index contributed by atoms with van der Waals surface area (Å²) in [4.78, 5) is 13.7. The number of nitrogens with one attached hydrogen (secondary N) is 1. The van der Waals surface area contributed by atoms with E-state index < -0.39 is 11.6 Å². The quantitative estimate of drug-likeness (QED) is 0.849. The highest BCUT2D eigenvalue weighted by Crippen LogP contribution is 2.13.